The van der Waals surface area contributed by atoms with Gasteiger partial charge in [-0.1, -0.05) is 17.2 Å². The van der Waals surface area contributed by atoms with Crippen LogP contribution in [0.4, 0.5) is 5.69 Å². The Morgan fingerprint density at radius 2 is 2.33 bits per heavy atom. The highest BCUT2D eigenvalue weighted by Crippen LogP contribution is 2.26. The van der Waals surface area contributed by atoms with Gasteiger partial charge in [-0.3, -0.25) is 14.9 Å². The van der Waals surface area contributed by atoms with Gasteiger partial charge in [-0.05, 0) is 17.5 Å². The molecule has 0 aliphatic heterocycles. The van der Waals surface area contributed by atoms with E-state index >= 15 is 0 Å². The standard InChI is InChI=1S/C10H10N4O4/c11-13-12-9(4-5-10(15)16)7-2-1-3-8(6-7)14(17)18/h1-3,6,9H,4-5H2,(H,15,16). The van der Waals surface area contributed by atoms with Gasteiger partial charge in [0.25, 0.3) is 5.69 Å². The van der Waals surface area contributed by atoms with E-state index in [1.807, 2.05) is 0 Å². The third-order valence-electron chi connectivity index (χ3n) is 2.29. The van der Waals surface area contributed by atoms with Crippen molar-refractivity contribution in [2.75, 3.05) is 0 Å². The second-order valence-electron chi connectivity index (χ2n) is 3.51. The summed E-state index contributed by atoms with van der Waals surface area (Å²) >= 11 is 0. The Labute approximate surface area is 102 Å². The number of hydrogen-bond donors (Lipinski definition) is 1. The number of nitro benzene ring substituents is 1. The topological polar surface area (TPSA) is 129 Å². The molecule has 18 heavy (non-hydrogen) atoms. The Morgan fingerprint density at radius 1 is 1.61 bits per heavy atom. The predicted molar refractivity (Wildman–Crippen MR) is 61.9 cm³/mol. The summed E-state index contributed by atoms with van der Waals surface area (Å²) in [4.78, 5) is 23.1. The number of carboxylic acid groups (broad SMARTS) is 1. The summed E-state index contributed by atoms with van der Waals surface area (Å²) in [5.41, 5.74) is 8.73. The molecule has 0 radical (unpaired) electrons. The lowest BCUT2D eigenvalue weighted by molar-refractivity contribution is -0.384. The minimum atomic E-state index is -1.02. The van der Waals surface area contributed by atoms with Gasteiger partial charge >= 0.3 is 5.97 Å². The number of azide groups is 1. The maximum atomic E-state index is 10.6. The molecule has 0 spiro atoms. The van der Waals surface area contributed by atoms with E-state index in [-0.39, 0.29) is 18.5 Å². The summed E-state index contributed by atoms with van der Waals surface area (Å²) in [5.74, 6) is -1.02. The van der Waals surface area contributed by atoms with Crippen LogP contribution in [-0.2, 0) is 4.79 Å². The molecule has 0 aromatic heterocycles. The Balaban J connectivity index is 2.97. The van der Waals surface area contributed by atoms with Gasteiger partial charge in [-0.2, -0.15) is 0 Å². The first-order valence-corrected chi connectivity index (χ1v) is 5.05. The average Bonchev–Trinajstić information content (AvgIpc) is 2.34. The lowest BCUT2D eigenvalue weighted by Crippen LogP contribution is -2.01. The molecule has 0 aliphatic carbocycles. The van der Waals surface area contributed by atoms with E-state index in [0.29, 0.717) is 5.56 Å². The van der Waals surface area contributed by atoms with Crippen molar-refractivity contribution >= 4 is 11.7 Å². The highest BCUT2D eigenvalue weighted by molar-refractivity contribution is 5.66. The van der Waals surface area contributed by atoms with E-state index in [1.54, 1.807) is 6.07 Å². The molecule has 1 atom stereocenters. The smallest absolute Gasteiger partial charge is 0.303 e. The number of hydrogen-bond acceptors (Lipinski definition) is 4. The molecule has 1 unspecified atom stereocenters. The van der Waals surface area contributed by atoms with Crippen LogP contribution in [-0.4, -0.2) is 16.0 Å². The normalized spacial score (nSPS) is 11.3. The number of non-ortho nitro benzene ring substituents is 1. The number of nitro groups is 1. The summed E-state index contributed by atoms with van der Waals surface area (Å²) in [6, 6.07) is 4.91. The highest BCUT2D eigenvalue weighted by Gasteiger charge is 2.14. The Kier molecular flexibility index (Phi) is 4.65. The van der Waals surface area contributed by atoms with Crippen molar-refractivity contribution in [3.63, 3.8) is 0 Å². The molecule has 1 aromatic carbocycles. The number of nitrogens with zero attached hydrogens (tertiary/aromatic N) is 4. The van der Waals surface area contributed by atoms with E-state index in [1.165, 1.54) is 18.2 Å². The number of rotatable bonds is 6. The van der Waals surface area contributed by atoms with Gasteiger partial charge in [0.2, 0.25) is 0 Å². The minimum absolute atomic E-state index is 0.0978. The van der Waals surface area contributed by atoms with Crippen molar-refractivity contribution in [3.8, 4) is 0 Å². The Hall–Kier alpha value is -2.60. The van der Waals surface area contributed by atoms with Crippen molar-refractivity contribution in [3.05, 3.63) is 50.4 Å². The van der Waals surface area contributed by atoms with Crippen LogP contribution >= 0.6 is 0 Å². The summed E-state index contributed by atoms with van der Waals surface area (Å²) in [5, 5.41) is 22.6. The zero-order chi connectivity index (χ0) is 13.5. The quantitative estimate of drug-likeness (QED) is 0.273. The SMILES string of the molecule is [N-]=[N+]=NC(CCC(=O)O)c1cccc([N+](=O)[O-])c1. The summed E-state index contributed by atoms with van der Waals surface area (Å²) < 4.78 is 0. The van der Waals surface area contributed by atoms with Crippen LogP contribution in [0.2, 0.25) is 0 Å². The predicted octanol–water partition coefficient (Wildman–Crippen LogP) is 2.81. The van der Waals surface area contributed by atoms with Gasteiger partial charge in [-0.25, -0.2) is 0 Å². The molecular weight excluding hydrogens is 240 g/mol. The molecule has 0 amide bonds. The zero-order valence-electron chi connectivity index (χ0n) is 9.26. The van der Waals surface area contributed by atoms with E-state index in [9.17, 15) is 14.9 Å². The van der Waals surface area contributed by atoms with Crippen molar-refractivity contribution in [1.82, 2.24) is 0 Å². The van der Waals surface area contributed by atoms with Crippen LogP contribution in [0.5, 0.6) is 0 Å². The van der Waals surface area contributed by atoms with Gasteiger partial charge < -0.3 is 5.11 Å². The van der Waals surface area contributed by atoms with Gasteiger partial charge in [0.05, 0.1) is 11.0 Å². The van der Waals surface area contributed by atoms with Crippen LogP contribution in [0.3, 0.4) is 0 Å². The molecule has 1 N–H and O–H groups in total. The molecule has 0 fully saturated rings. The molecule has 0 saturated carbocycles. The minimum Gasteiger partial charge on any atom is -0.481 e. The van der Waals surface area contributed by atoms with E-state index < -0.39 is 16.9 Å². The fraction of sp³-hybridized carbons (Fsp3) is 0.300. The summed E-state index contributed by atoms with van der Waals surface area (Å²) in [6.45, 7) is 0. The molecule has 8 nitrogen and oxygen atoms in total. The van der Waals surface area contributed by atoms with E-state index in [0.717, 1.165) is 0 Å². The average molecular weight is 250 g/mol. The molecule has 0 heterocycles. The van der Waals surface area contributed by atoms with Crippen molar-refractivity contribution in [2.45, 2.75) is 18.9 Å². The lowest BCUT2D eigenvalue weighted by Gasteiger charge is -2.09. The van der Waals surface area contributed by atoms with Gasteiger partial charge in [0, 0.05) is 23.5 Å². The third-order valence-corrected chi connectivity index (χ3v) is 2.29. The third kappa shape index (κ3) is 3.76. The first-order valence-electron chi connectivity index (χ1n) is 5.05. The lowest BCUT2D eigenvalue weighted by atomic mass is 10.0. The van der Waals surface area contributed by atoms with Crippen molar-refractivity contribution in [1.29, 1.82) is 0 Å². The second-order valence-corrected chi connectivity index (χ2v) is 3.51. The number of benzene rings is 1. The van der Waals surface area contributed by atoms with Crippen molar-refractivity contribution < 1.29 is 14.8 Å². The van der Waals surface area contributed by atoms with Gasteiger partial charge in [0.1, 0.15) is 0 Å². The number of aliphatic carboxylic acids is 1. The molecule has 0 saturated heterocycles. The molecule has 0 aliphatic rings. The number of carboxylic acids is 1. The monoisotopic (exact) mass is 250 g/mol. The fourth-order valence-corrected chi connectivity index (χ4v) is 1.46. The first kappa shape index (κ1) is 13.5. The maximum Gasteiger partial charge on any atom is 0.303 e. The summed E-state index contributed by atoms with van der Waals surface area (Å²) in [7, 11) is 0. The van der Waals surface area contributed by atoms with Crippen molar-refractivity contribution in [2.24, 2.45) is 5.11 Å². The first-order chi connectivity index (χ1) is 8.54. The Morgan fingerprint density at radius 3 is 2.89 bits per heavy atom. The van der Waals surface area contributed by atoms with Crippen LogP contribution in [0.1, 0.15) is 24.4 Å². The van der Waals surface area contributed by atoms with Crippen LogP contribution in [0, 0.1) is 10.1 Å². The van der Waals surface area contributed by atoms with E-state index in [2.05, 4.69) is 10.0 Å². The molecule has 8 heteroatoms. The maximum absolute atomic E-state index is 10.6. The summed E-state index contributed by atoms with van der Waals surface area (Å²) in [6.07, 6.45) is -0.0764. The fourth-order valence-electron chi connectivity index (χ4n) is 1.46. The molecule has 1 aromatic rings. The van der Waals surface area contributed by atoms with Crippen LogP contribution in [0.15, 0.2) is 29.4 Å². The van der Waals surface area contributed by atoms with Crippen LogP contribution < -0.4 is 0 Å². The van der Waals surface area contributed by atoms with Crippen LogP contribution in [0.25, 0.3) is 10.4 Å². The highest BCUT2D eigenvalue weighted by atomic mass is 16.6. The van der Waals surface area contributed by atoms with Gasteiger partial charge in [-0.15, -0.1) is 0 Å². The zero-order valence-corrected chi connectivity index (χ0v) is 9.26. The molecule has 0 bridgehead atoms. The van der Waals surface area contributed by atoms with Gasteiger partial charge in [0.15, 0.2) is 0 Å². The molecule has 1 rings (SSSR count). The Bertz CT molecular complexity index is 510. The second kappa shape index (κ2) is 6.21. The number of carbonyl (C=O) groups is 1. The molecular formula is C10H10N4O4. The molecule has 94 valence electrons. The largest absolute Gasteiger partial charge is 0.481 e. The van der Waals surface area contributed by atoms with E-state index in [4.69, 9.17) is 10.6 Å².